The smallest absolute Gasteiger partial charge is 0.238 e. The molecule has 0 aliphatic rings. The van der Waals surface area contributed by atoms with Gasteiger partial charge in [0.15, 0.2) is 5.76 Å². The van der Waals surface area contributed by atoms with Crippen LogP contribution in [0.4, 0.5) is 0 Å². The molecule has 19 heavy (non-hydrogen) atoms. The first-order valence-electron chi connectivity index (χ1n) is 6.01. The number of nitrogens with two attached hydrogens (primary N) is 2. The number of hydrogen-bond donors (Lipinski definition) is 2. The van der Waals surface area contributed by atoms with E-state index in [0.29, 0.717) is 0 Å². The average molecular weight is 281 g/mol. The molecule has 0 aliphatic carbocycles. The van der Waals surface area contributed by atoms with Crippen molar-refractivity contribution in [1.29, 1.82) is 0 Å². The number of primary sulfonamides is 1. The highest BCUT2D eigenvalue weighted by Gasteiger charge is 2.06. The number of sulfonamides is 1. The minimum Gasteiger partial charge on any atom is -0.463 e. The Hall–Kier alpha value is -1.63. The van der Waals surface area contributed by atoms with Gasteiger partial charge in [-0.2, -0.15) is 0 Å². The van der Waals surface area contributed by atoms with E-state index in [4.69, 9.17) is 9.56 Å². The van der Waals surface area contributed by atoms with E-state index in [2.05, 4.69) is 5.32 Å². The Balaban J connectivity index is 1.80. The second kappa shape index (κ2) is 6.01. The molecule has 6 heteroatoms. The molecule has 2 aromatic rings. The van der Waals surface area contributed by atoms with Crippen molar-refractivity contribution in [2.75, 3.05) is 6.54 Å². The third-order valence-electron chi connectivity index (χ3n) is 2.81. The van der Waals surface area contributed by atoms with Crippen LogP contribution >= 0.6 is 0 Å². The minimum absolute atomic E-state index is 0.149. The van der Waals surface area contributed by atoms with Gasteiger partial charge in [0.2, 0.25) is 10.0 Å². The Labute approximate surface area is 112 Å². The summed E-state index contributed by atoms with van der Waals surface area (Å²) < 4.78 is 27.4. The average Bonchev–Trinajstić information content (AvgIpc) is 2.87. The molecule has 0 atom stereocenters. The van der Waals surface area contributed by atoms with E-state index >= 15 is 0 Å². The van der Waals surface area contributed by atoms with Crippen molar-refractivity contribution >= 4 is 10.0 Å². The molecule has 1 heterocycles. The molecule has 1 aromatic carbocycles. The summed E-state index contributed by atoms with van der Waals surface area (Å²) in [4.78, 5) is 0.149. The molecule has 0 unspecified atom stereocenters. The lowest BCUT2D eigenvalue weighted by Gasteiger charge is -2.02. The quantitative estimate of drug-likeness (QED) is 0.743. The Morgan fingerprint density at radius 3 is 2.47 bits per heavy atom. The van der Waals surface area contributed by atoms with Crippen LogP contribution in [0.25, 0.3) is 0 Å². The molecule has 0 radical (unpaired) electrons. The lowest BCUT2D eigenvalue weighted by molar-refractivity contribution is -0.671. The van der Waals surface area contributed by atoms with Gasteiger partial charge >= 0.3 is 0 Å². The second-order valence-electron chi connectivity index (χ2n) is 4.30. The van der Waals surface area contributed by atoms with Gasteiger partial charge in [0.1, 0.15) is 6.54 Å². The zero-order valence-corrected chi connectivity index (χ0v) is 11.3. The molecule has 0 amide bonds. The van der Waals surface area contributed by atoms with Gasteiger partial charge in [-0.25, -0.2) is 13.6 Å². The van der Waals surface area contributed by atoms with Crippen molar-refractivity contribution in [3.05, 3.63) is 54.0 Å². The molecule has 0 aliphatic heterocycles. The van der Waals surface area contributed by atoms with Crippen LogP contribution in [0.5, 0.6) is 0 Å². The highest BCUT2D eigenvalue weighted by molar-refractivity contribution is 7.89. The highest BCUT2D eigenvalue weighted by atomic mass is 32.2. The van der Waals surface area contributed by atoms with Crippen LogP contribution < -0.4 is 10.5 Å². The van der Waals surface area contributed by atoms with E-state index in [0.717, 1.165) is 30.8 Å². The van der Waals surface area contributed by atoms with E-state index in [-0.39, 0.29) is 4.90 Å². The summed E-state index contributed by atoms with van der Waals surface area (Å²) in [6, 6.07) is 10.5. The third kappa shape index (κ3) is 4.20. The minimum atomic E-state index is -3.59. The fraction of sp³-hybridized carbons (Fsp3) is 0.231. The first-order chi connectivity index (χ1) is 9.05. The maximum atomic E-state index is 11.1. The maximum absolute atomic E-state index is 11.1. The number of furan rings is 1. The molecule has 5 nitrogen and oxygen atoms in total. The predicted molar refractivity (Wildman–Crippen MR) is 70.7 cm³/mol. The summed E-state index contributed by atoms with van der Waals surface area (Å²) in [6.45, 7) is 1.72. The van der Waals surface area contributed by atoms with Gasteiger partial charge in [-0.15, -0.1) is 0 Å². The summed E-state index contributed by atoms with van der Waals surface area (Å²) in [6.07, 6.45) is 2.53. The first-order valence-corrected chi connectivity index (χ1v) is 7.56. The van der Waals surface area contributed by atoms with Gasteiger partial charge in [0, 0.05) is 6.42 Å². The van der Waals surface area contributed by atoms with Crippen molar-refractivity contribution in [3.8, 4) is 0 Å². The normalized spacial score (nSPS) is 11.6. The molecule has 102 valence electrons. The van der Waals surface area contributed by atoms with Gasteiger partial charge in [-0.05, 0) is 29.8 Å². The van der Waals surface area contributed by atoms with E-state index < -0.39 is 10.0 Å². The summed E-state index contributed by atoms with van der Waals surface area (Å²) in [5.74, 6) is 0.949. The fourth-order valence-corrected chi connectivity index (χ4v) is 2.30. The largest absolute Gasteiger partial charge is 0.463 e. The van der Waals surface area contributed by atoms with Crippen molar-refractivity contribution < 1.29 is 18.2 Å². The molecule has 0 fully saturated rings. The zero-order valence-electron chi connectivity index (χ0n) is 10.5. The van der Waals surface area contributed by atoms with E-state index in [1.807, 2.05) is 12.1 Å². The molecule has 0 saturated carbocycles. The standard InChI is InChI=1S/C13H16N2O3S/c14-19(16,17)13-5-3-11(4-6-13)7-8-15-10-12-2-1-9-18-12/h1-6,9,15H,7-8,10H2,(H2,14,16,17)/p+1. The molecular weight excluding hydrogens is 264 g/mol. The lowest BCUT2D eigenvalue weighted by atomic mass is 10.1. The molecule has 0 spiro atoms. The van der Waals surface area contributed by atoms with Gasteiger partial charge < -0.3 is 9.73 Å². The Kier molecular flexibility index (Phi) is 4.36. The van der Waals surface area contributed by atoms with Crippen LogP contribution in [0.15, 0.2) is 52.0 Å². The number of benzene rings is 1. The topological polar surface area (TPSA) is 89.9 Å². The van der Waals surface area contributed by atoms with E-state index in [1.165, 1.54) is 12.1 Å². The van der Waals surface area contributed by atoms with Crippen molar-refractivity contribution in [2.24, 2.45) is 5.14 Å². The Bertz CT molecular complexity index is 604. The molecule has 4 N–H and O–H groups in total. The van der Waals surface area contributed by atoms with Crippen LogP contribution in [-0.2, 0) is 23.0 Å². The van der Waals surface area contributed by atoms with E-state index in [1.54, 1.807) is 18.4 Å². The zero-order chi connectivity index (χ0) is 13.7. The second-order valence-corrected chi connectivity index (χ2v) is 5.86. The van der Waals surface area contributed by atoms with Crippen LogP contribution in [-0.4, -0.2) is 15.0 Å². The summed E-state index contributed by atoms with van der Waals surface area (Å²) >= 11 is 0. The van der Waals surface area contributed by atoms with Crippen LogP contribution in [0.1, 0.15) is 11.3 Å². The highest BCUT2D eigenvalue weighted by Crippen LogP contribution is 2.08. The molecule has 2 rings (SSSR count). The van der Waals surface area contributed by atoms with Crippen molar-refractivity contribution in [2.45, 2.75) is 17.9 Å². The van der Waals surface area contributed by atoms with Crippen LogP contribution in [0, 0.1) is 0 Å². The molecular formula is C13H17N2O3S+. The molecule has 1 aromatic heterocycles. The maximum Gasteiger partial charge on any atom is 0.238 e. The molecule has 0 saturated heterocycles. The Morgan fingerprint density at radius 2 is 1.89 bits per heavy atom. The van der Waals surface area contributed by atoms with Crippen molar-refractivity contribution in [3.63, 3.8) is 0 Å². The molecule has 0 bridgehead atoms. The van der Waals surface area contributed by atoms with Gasteiger partial charge in [-0.1, -0.05) is 12.1 Å². The Morgan fingerprint density at radius 1 is 1.16 bits per heavy atom. The summed E-state index contributed by atoms with van der Waals surface area (Å²) in [5.41, 5.74) is 1.09. The first kappa shape index (κ1) is 13.8. The monoisotopic (exact) mass is 281 g/mol. The van der Waals surface area contributed by atoms with Crippen LogP contribution in [0.3, 0.4) is 0 Å². The fourth-order valence-electron chi connectivity index (χ4n) is 1.79. The summed E-state index contributed by atoms with van der Waals surface area (Å²) in [7, 11) is -3.59. The van der Waals surface area contributed by atoms with Crippen molar-refractivity contribution in [1.82, 2.24) is 0 Å². The number of hydrogen-bond acceptors (Lipinski definition) is 3. The van der Waals surface area contributed by atoms with Gasteiger partial charge in [-0.3, -0.25) is 0 Å². The van der Waals surface area contributed by atoms with Crippen LogP contribution in [0.2, 0.25) is 0 Å². The van der Waals surface area contributed by atoms with Gasteiger partial charge in [0.05, 0.1) is 17.7 Å². The summed E-state index contributed by atoms with van der Waals surface area (Å²) in [5, 5.41) is 7.18. The number of quaternary nitrogens is 1. The van der Waals surface area contributed by atoms with E-state index in [9.17, 15) is 8.42 Å². The number of rotatable bonds is 6. The SMILES string of the molecule is NS(=O)(=O)c1ccc(CC[NH2+]Cc2ccco2)cc1. The van der Waals surface area contributed by atoms with Gasteiger partial charge in [0.25, 0.3) is 0 Å². The third-order valence-corrected chi connectivity index (χ3v) is 3.74. The predicted octanol–water partition coefficient (Wildman–Crippen LogP) is 0.233. The lowest BCUT2D eigenvalue weighted by Crippen LogP contribution is -2.83.